The van der Waals surface area contributed by atoms with Crippen molar-refractivity contribution in [2.24, 2.45) is 0 Å². The number of furan rings is 1. The highest BCUT2D eigenvalue weighted by Gasteiger charge is 2.17. The molecule has 0 aliphatic heterocycles. The minimum absolute atomic E-state index is 0.131. The molecule has 0 unspecified atom stereocenters. The number of carbonyl (C=O) groups excluding carboxylic acids is 1. The fourth-order valence-corrected chi connectivity index (χ4v) is 1.84. The van der Waals surface area contributed by atoms with Crippen LogP contribution >= 0.6 is 0 Å². The van der Waals surface area contributed by atoms with Crippen molar-refractivity contribution in [2.45, 2.75) is 6.54 Å². The SMILES string of the molecule is COc1ccc(NC(=O)N(C)Cc2ccco2)cc1[N+](=O)[O-]. The molecule has 8 heteroatoms. The number of rotatable bonds is 5. The summed E-state index contributed by atoms with van der Waals surface area (Å²) in [5, 5.41) is 13.5. The quantitative estimate of drug-likeness (QED) is 0.676. The molecule has 2 aromatic rings. The van der Waals surface area contributed by atoms with Gasteiger partial charge in [0.05, 0.1) is 24.8 Å². The van der Waals surface area contributed by atoms with Gasteiger partial charge in [0, 0.05) is 18.8 Å². The molecular formula is C14H15N3O5. The number of urea groups is 1. The maximum Gasteiger partial charge on any atom is 0.321 e. The van der Waals surface area contributed by atoms with E-state index in [1.807, 2.05) is 0 Å². The van der Waals surface area contributed by atoms with Gasteiger partial charge in [0.25, 0.3) is 0 Å². The van der Waals surface area contributed by atoms with Crippen LogP contribution in [0.2, 0.25) is 0 Å². The second kappa shape index (κ2) is 6.61. The van der Waals surface area contributed by atoms with Crippen molar-refractivity contribution in [3.05, 3.63) is 52.5 Å². The predicted octanol–water partition coefficient (Wildman–Crippen LogP) is 2.86. The van der Waals surface area contributed by atoms with Crippen molar-refractivity contribution in [3.8, 4) is 5.75 Å². The molecule has 2 amide bonds. The number of amides is 2. The first-order valence-corrected chi connectivity index (χ1v) is 6.38. The molecule has 1 N–H and O–H groups in total. The summed E-state index contributed by atoms with van der Waals surface area (Å²) in [7, 11) is 2.94. The average Bonchev–Trinajstić information content (AvgIpc) is 2.99. The summed E-state index contributed by atoms with van der Waals surface area (Å²) in [4.78, 5) is 23.8. The van der Waals surface area contributed by atoms with Gasteiger partial charge in [-0.2, -0.15) is 0 Å². The van der Waals surface area contributed by atoms with E-state index in [4.69, 9.17) is 9.15 Å². The van der Waals surface area contributed by atoms with Gasteiger partial charge in [0.2, 0.25) is 0 Å². The molecule has 0 aliphatic carbocycles. The molecule has 0 fully saturated rings. The van der Waals surface area contributed by atoms with E-state index < -0.39 is 11.0 Å². The molecule has 1 aromatic carbocycles. The van der Waals surface area contributed by atoms with Gasteiger partial charge in [-0.15, -0.1) is 0 Å². The topological polar surface area (TPSA) is 97.8 Å². The van der Waals surface area contributed by atoms with E-state index in [2.05, 4.69) is 5.32 Å². The zero-order chi connectivity index (χ0) is 16.1. The molecule has 1 heterocycles. The predicted molar refractivity (Wildman–Crippen MR) is 78.8 cm³/mol. The summed E-state index contributed by atoms with van der Waals surface area (Å²) < 4.78 is 10.1. The zero-order valence-electron chi connectivity index (χ0n) is 12.1. The normalized spacial score (nSPS) is 10.1. The summed E-state index contributed by atoms with van der Waals surface area (Å²) >= 11 is 0. The number of hydrogen-bond donors (Lipinski definition) is 1. The van der Waals surface area contributed by atoms with Crippen LogP contribution in [0.1, 0.15) is 5.76 Å². The minimum Gasteiger partial charge on any atom is -0.490 e. The highest BCUT2D eigenvalue weighted by Crippen LogP contribution is 2.29. The first kappa shape index (κ1) is 15.4. The summed E-state index contributed by atoms with van der Waals surface area (Å²) in [6.45, 7) is 0.289. The number of carbonyl (C=O) groups is 1. The Balaban J connectivity index is 2.08. The highest BCUT2D eigenvalue weighted by molar-refractivity contribution is 5.89. The monoisotopic (exact) mass is 305 g/mol. The number of nitro benzene ring substituents is 1. The molecule has 2 rings (SSSR count). The molecule has 0 saturated heterocycles. The summed E-state index contributed by atoms with van der Waals surface area (Å²) in [6.07, 6.45) is 1.52. The summed E-state index contributed by atoms with van der Waals surface area (Å²) in [5.74, 6) is 0.769. The van der Waals surface area contributed by atoms with Gasteiger partial charge < -0.3 is 19.4 Å². The van der Waals surface area contributed by atoms with Crippen LogP contribution in [0.4, 0.5) is 16.2 Å². The zero-order valence-corrected chi connectivity index (χ0v) is 12.1. The van der Waals surface area contributed by atoms with Crippen LogP contribution < -0.4 is 10.1 Å². The van der Waals surface area contributed by atoms with E-state index in [9.17, 15) is 14.9 Å². The van der Waals surface area contributed by atoms with Gasteiger partial charge in [-0.3, -0.25) is 10.1 Å². The molecule has 116 valence electrons. The van der Waals surface area contributed by atoms with Gasteiger partial charge in [0.15, 0.2) is 5.75 Å². The third kappa shape index (κ3) is 3.54. The Labute approximate surface area is 126 Å². The van der Waals surface area contributed by atoms with E-state index >= 15 is 0 Å². The Kier molecular flexibility index (Phi) is 4.62. The van der Waals surface area contributed by atoms with Crippen molar-refractivity contribution in [1.82, 2.24) is 4.90 Å². The van der Waals surface area contributed by atoms with Gasteiger partial charge in [-0.25, -0.2) is 4.79 Å². The molecule has 8 nitrogen and oxygen atoms in total. The lowest BCUT2D eigenvalue weighted by Gasteiger charge is -2.16. The number of nitro groups is 1. The summed E-state index contributed by atoms with van der Waals surface area (Å²) in [6, 6.07) is 7.29. The van der Waals surface area contributed by atoms with Gasteiger partial charge >= 0.3 is 11.7 Å². The van der Waals surface area contributed by atoms with Crippen molar-refractivity contribution < 1.29 is 18.9 Å². The Hall–Kier alpha value is -3.03. The van der Waals surface area contributed by atoms with Gasteiger partial charge in [-0.05, 0) is 24.3 Å². The molecule has 0 spiro atoms. The van der Waals surface area contributed by atoms with Crippen molar-refractivity contribution in [1.29, 1.82) is 0 Å². The largest absolute Gasteiger partial charge is 0.490 e. The fourth-order valence-electron chi connectivity index (χ4n) is 1.84. The van der Waals surface area contributed by atoms with Gasteiger partial charge in [0.1, 0.15) is 5.76 Å². The Bertz CT molecular complexity index is 669. The lowest BCUT2D eigenvalue weighted by molar-refractivity contribution is -0.385. The number of anilines is 1. The minimum atomic E-state index is -0.568. The Morgan fingerprint density at radius 2 is 2.23 bits per heavy atom. The van der Waals surface area contributed by atoms with E-state index in [1.54, 1.807) is 19.2 Å². The Morgan fingerprint density at radius 1 is 1.45 bits per heavy atom. The van der Waals surface area contributed by atoms with Crippen molar-refractivity contribution >= 4 is 17.4 Å². The van der Waals surface area contributed by atoms with Crippen LogP contribution in [0.15, 0.2) is 41.0 Å². The standard InChI is InChI=1S/C14H15N3O5/c1-16(9-11-4-3-7-22-11)14(18)15-10-5-6-13(21-2)12(8-10)17(19)20/h3-8H,9H2,1-2H3,(H,15,18). The van der Waals surface area contributed by atoms with Crippen LogP contribution in [-0.2, 0) is 6.54 Å². The third-order valence-electron chi connectivity index (χ3n) is 2.95. The van der Waals surface area contributed by atoms with E-state index in [1.165, 1.54) is 36.5 Å². The summed E-state index contributed by atoms with van der Waals surface area (Å²) in [5.41, 5.74) is 0.0952. The average molecular weight is 305 g/mol. The van der Waals surface area contributed by atoms with Crippen LogP contribution in [0, 0.1) is 10.1 Å². The lowest BCUT2D eigenvalue weighted by atomic mass is 10.2. The van der Waals surface area contributed by atoms with E-state index in [0.29, 0.717) is 11.4 Å². The number of hydrogen-bond acceptors (Lipinski definition) is 5. The second-order valence-corrected chi connectivity index (χ2v) is 4.51. The molecular weight excluding hydrogens is 290 g/mol. The van der Waals surface area contributed by atoms with E-state index in [0.717, 1.165) is 0 Å². The Morgan fingerprint density at radius 3 is 2.82 bits per heavy atom. The van der Waals surface area contributed by atoms with Crippen molar-refractivity contribution in [3.63, 3.8) is 0 Å². The highest BCUT2D eigenvalue weighted by atomic mass is 16.6. The number of methoxy groups -OCH3 is 1. The first-order valence-electron chi connectivity index (χ1n) is 6.38. The first-order chi connectivity index (χ1) is 10.5. The molecule has 0 atom stereocenters. The van der Waals surface area contributed by atoms with Crippen LogP contribution in [0.25, 0.3) is 0 Å². The van der Waals surface area contributed by atoms with Crippen LogP contribution in [-0.4, -0.2) is 30.0 Å². The number of ether oxygens (including phenoxy) is 1. The maximum absolute atomic E-state index is 12.0. The molecule has 0 aliphatic rings. The molecule has 22 heavy (non-hydrogen) atoms. The lowest BCUT2D eigenvalue weighted by Crippen LogP contribution is -2.30. The number of benzene rings is 1. The van der Waals surface area contributed by atoms with Crippen LogP contribution in [0.3, 0.4) is 0 Å². The molecule has 0 saturated carbocycles. The maximum atomic E-state index is 12.0. The number of nitrogens with one attached hydrogen (secondary N) is 1. The van der Waals surface area contributed by atoms with Crippen molar-refractivity contribution in [2.75, 3.05) is 19.5 Å². The second-order valence-electron chi connectivity index (χ2n) is 4.51. The molecule has 0 bridgehead atoms. The van der Waals surface area contributed by atoms with Gasteiger partial charge in [-0.1, -0.05) is 0 Å². The fraction of sp³-hybridized carbons (Fsp3) is 0.214. The smallest absolute Gasteiger partial charge is 0.321 e. The van der Waals surface area contributed by atoms with Crippen LogP contribution in [0.5, 0.6) is 5.75 Å². The third-order valence-corrected chi connectivity index (χ3v) is 2.95. The number of nitrogens with zero attached hydrogens (tertiary/aromatic N) is 2. The molecule has 1 aromatic heterocycles. The van der Waals surface area contributed by atoms with E-state index in [-0.39, 0.29) is 18.0 Å². The molecule has 0 radical (unpaired) electrons.